The highest BCUT2D eigenvalue weighted by molar-refractivity contribution is 9.10. The molecule has 0 fully saturated rings. The van der Waals surface area contributed by atoms with E-state index >= 15 is 0 Å². The Balaban J connectivity index is 2.35. The van der Waals surface area contributed by atoms with Gasteiger partial charge in [-0.05, 0) is 45.8 Å². The van der Waals surface area contributed by atoms with Crippen LogP contribution in [-0.2, 0) is 0 Å². The van der Waals surface area contributed by atoms with E-state index in [1.165, 1.54) is 6.07 Å². The van der Waals surface area contributed by atoms with Crippen molar-refractivity contribution in [3.63, 3.8) is 0 Å². The van der Waals surface area contributed by atoms with E-state index in [0.29, 0.717) is 15.3 Å². The molecule has 0 saturated carbocycles. The Bertz CT molecular complexity index is 630. The highest BCUT2D eigenvalue weighted by Gasteiger charge is 2.24. The molecule has 3 nitrogen and oxygen atoms in total. The van der Waals surface area contributed by atoms with Crippen LogP contribution in [0.15, 0.2) is 45.5 Å². The first kappa shape index (κ1) is 12.9. The van der Waals surface area contributed by atoms with E-state index in [0.717, 1.165) is 0 Å². The normalized spacial score (nSPS) is 11.8. The van der Waals surface area contributed by atoms with Crippen molar-refractivity contribution in [1.82, 2.24) is 0 Å². The molecule has 0 aliphatic heterocycles. The third kappa shape index (κ3) is 2.63. The van der Waals surface area contributed by atoms with E-state index in [-0.39, 0.29) is 11.5 Å². The number of carbonyl (C=O) groups excluding carboxylic acids is 1. The number of carbonyl (C=O) groups is 1. The molecule has 18 heavy (non-hydrogen) atoms. The van der Waals surface area contributed by atoms with E-state index in [1.54, 1.807) is 30.3 Å². The van der Waals surface area contributed by atoms with Crippen LogP contribution in [0.3, 0.4) is 0 Å². The molecule has 1 aromatic carbocycles. The SMILES string of the molecule is N#CC(C(=O)c1ccc(Br)o1)c1cccc(Cl)c1. The van der Waals surface area contributed by atoms with Crippen LogP contribution in [0.2, 0.25) is 5.02 Å². The molecule has 5 heteroatoms. The predicted molar refractivity (Wildman–Crippen MR) is 70.5 cm³/mol. The van der Waals surface area contributed by atoms with E-state index in [9.17, 15) is 4.79 Å². The average Bonchev–Trinajstić information content (AvgIpc) is 2.77. The molecule has 1 aromatic heterocycles. The zero-order valence-electron chi connectivity index (χ0n) is 9.06. The summed E-state index contributed by atoms with van der Waals surface area (Å²) in [6.07, 6.45) is 0. The molecule has 0 radical (unpaired) electrons. The Morgan fingerprint density at radius 1 is 1.39 bits per heavy atom. The average molecular weight is 325 g/mol. The van der Waals surface area contributed by atoms with Crippen molar-refractivity contribution < 1.29 is 9.21 Å². The number of benzene rings is 1. The molecule has 0 N–H and O–H groups in total. The summed E-state index contributed by atoms with van der Waals surface area (Å²) in [5, 5.41) is 9.63. The first-order valence-corrected chi connectivity index (χ1v) is 6.23. The van der Waals surface area contributed by atoms with Crippen LogP contribution in [0.4, 0.5) is 0 Å². The van der Waals surface area contributed by atoms with Gasteiger partial charge < -0.3 is 4.42 Å². The molecule has 1 heterocycles. The van der Waals surface area contributed by atoms with Crippen molar-refractivity contribution in [3.05, 3.63) is 57.4 Å². The van der Waals surface area contributed by atoms with E-state index in [2.05, 4.69) is 15.9 Å². The molecule has 1 unspecified atom stereocenters. The van der Waals surface area contributed by atoms with Gasteiger partial charge in [0.05, 0.1) is 6.07 Å². The van der Waals surface area contributed by atoms with Gasteiger partial charge in [-0.15, -0.1) is 0 Å². The predicted octanol–water partition coefficient (Wildman–Crippen LogP) is 4.19. The van der Waals surface area contributed by atoms with Crippen LogP contribution < -0.4 is 0 Å². The quantitative estimate of drug-likeness (QED) is 0.796. The number of halogens is 2. The minimum Gasteiger partial charge on any atom is -0.446 e. The highest BCUT2D eigenvalue weighted by atomic mass is 79.9. The zero-order chi connectivity index (χ0) is 13.1. The summed E-state index contributed by atoms with van der Waals surface area (Å²) in [4.78, 5) is 12.1. The lowest BCUT2D eigenvalue weighted by Crippen LogP contribution is -2.10. The Labute approximate surface area is 117 Å². The standard InChI is InChI=1S/C13H7BrClNO2/c14-12-5-4-11(18-12)13(17)10(7-16)8-2-1-3-9(15)6-8/h1-6,10H. The third-order valence-corrected chi connectivity index (χ3v) is 3.05. The number of nitriles is 1. The van der Waals surface area contributed by atoms with E-state index in [1.807, 2.05) is 6.07 Å². The maximum Gasteiger partial charge on any atom is 0.219 e. The van der Waals surface area contributed by atoms with E-state index in [4.69, 9.17) is 21.3 Å². The highest BCUT2D eigenvalue weighted by Crippen LogP contribution is 2.25. The number of nitrogens with zero attached hydrogens (tertiary/aromatic N) is 1. The fourth-order valence-corrected chi connectivity index (χ4v) is 2.06. The summed E-state index contributed by atoms with van der Waals surface area (Å²) in [5.74, 6) is -1.15. The van der Waals surface area contributed by atoms with Gasteiger partial charge in [-0.25, -0.2) is 0 Å². The van der Waals surface area contributed by atoms with Gasteiger partial charge in [0, 0.05) is 5.02 Å². The number of hydrogen-bond acceptors (Lipinski definition) is 3. The fraction of sp³-hybridized carbons (Fsp3) is 0.0769. The van der Waals surface area contributed by atoms with Crippen LogP contribution in [0.1, 0.15) is 22.0 Å². The minimum atomic E-state index is -0.915. The summed E-state index contributed by atoms with van der Waals surface area (Å²) in [5.41, 5.74) is 0.558. The minimum absolute atomic E-state index is 0.147. The first-order chi connectivity index (χ1) is 8.61. The Morgan fingerprint density at radius 2 is 2.17 bits per heavy atom. The van der Waals surface area contributed by atoms with Gasteiger partial charge in [0.15, 0.2) is 10.4 Å². The molecule has 0 aliphatic rings. The van der Waals surface area contributed by atoms with Gasteiger partial charge in [-0.1, -0.05) is 23.7 Å². The maximum absolute atomic E-state index is 12.1. The van der Waals surface area contributed by atoms with Gasteiger partial charge >= 0.3 is 0 Å². The number of hydrogen-bond donors (Lipinski definition) is 0. The second-order valence-electron chi connectivity index (χ2n) is 3.59. The van der Waals surface area contributed by atoms with Gasteiger partial charge in [-0.2, -0.15) is 5.26 Å². The Hall–Kier alpha value is -1.57. The molecule has 0 spiro atoms. The maximum atomic E-state index is 12.1. The number of ketones is 1. The molecular weight excluding hydrogens is 318 g/mol. The van der Waals surface area contributed by atoms with Gasteiger partial charge in [0.25, 0.3) is 0 Å². The van der Waals surface area contributed by atoms with Crippen LogP contribution >= 0.6 is 27.5 Å². The molecule has 0 aliphatic carbocycles. The van der Waals surface area contributed by atoms with Crippen molar-refractivity contribution in [2.24, 2.45) is 0 Å². The van der Waals surface area contributed by atoms with E-state index < -0.39 is 5.92 Å². The summed E-state index contributed by atoms with van der Waals surface area (Å²) in [7, 11) is 0. The topological polar surface area (TPSA) is 54.0 Å². The summed E-state index contributed by atoms with van der Waals surface area (Å²) >= 11 is 8.97. The number of furan rings is 1. The van der Waals surface area contributed by atoms with Crippen molar-refractivity contribution >= 4 is 33.3 Å². The second kappa shape index (κ2) is 5.38. The fourth-order valence-electron chi connectivity index (χ4n) is 1.56. The molecule has 0 bridgehead atoms. The monoisotopic (exact) mass is 323 g/mol. The zero-order valence-corrected chi connectivity index (χ0v) is 11.4. The number of rotatable bonds is 3. The third-order valence-electron chi connectivity index (χ3n) is 2.39. The second-order valence-corrected chi connectivity index (χ2v) is 4.80. The molecule has 0 saturated heterocycles. The van der Waals surface area contributed by atoms with Gasteiger partial charge in [0.2, 0.25) is 5.78 Å². The first-order valence-electron chi connectivity index (χ1n) is 5.06. The van der Waals surface area contributed by atoms with Crippen LogP contribution in [-0.4, -0.2) is 5.78 Å². The molecule has 0 amide bonds. The molecule has 1 atom stereocenters. The molecule has 90 valence electrons. The van der Waals surface area contributed by atoms with Crippen molar-refractivity contribution in [2.45, 2.75) is 5.92 Å². The van der Waals surface area contributed by atoms with Crippen molar-refractivity contribution in [3.8, 4) is 6.07 Å². The Kier molecular flexibility index (Phi) is 3.85. The lowest BCUT2D eigenvalue weighted by atomic mass is 9.95. The summed E-state index contributed by atoms with van der Waals surface area (Å²) in [6, 6.07) is 11.8. The van der Waals surface area contributed by atoms with Crippen LogP contribution in [0, 0.1) is 11.3 Å². The van der Waals surface area contributed by atoms with Crippen LogP contribution in [0.5, 0.6) is 0 Å². The molecule has 2 rings (SSSR count). The van der Waals surface area contributed by atoms with Crippen LogP contribution in [0.25, 0.3) is 0 Å². The Morgan fingerprint density at radius 3 is 2.72 bits per heavy atom. The lowest BCUT2D eigenvalue weighted by molar-refractivity contribution is 0.0950. The molecule has 2 aromatic rings. The number of Topliss-reactive ketones (excluding diaryl/α,β-unsaturated/α-hetero) is 1. The molecular formula is C13H7BrClNO2. The lowest BCUT2D eigenvalue weighted by Gasteiger charge is -2.06. The van der Waals surface area contributed by atoms with Gasteiger partial charge in [0.1, 0.15) is 5.92 Å². The summed E-state index contributed by atoms with van der Waals surface area (Å²) < 4.78 is 5.62. The van der Waals surface area contributed by atoms with Gasteiger partial charge in [-0.3, -0.25) is 4.79 Å². The smallest absolute Gasteiger partial charge is 0.219 e. The largest absolute Gasteiger partial charge is 0.446 e. The summed E-state index contributed by atoms with van der Waals surface area (Å²) in [6.45, 7) is 0. The van der Waals surface area contributed by atoms with Crippen molar-refractivity contribution in [1.29, 1.82) is 5.26 Å². The van der Waals surface area contributed by atoms with Crippen molar-refractivity contribution in [2.75, 3.05) is 0 Å².